The minimum Gasteiger partial charge on any atom is -0.395 e. The van der Waals surface area contributed by atoms with Crippen LogP contribution >= 0.6 is 0 Å². The van der Waals surface area contributed by atoms with Crippen molar-refractivity contribution in [2.75, 3.05) is 33.4 Å². The van der Waals surface area contributed by atoms with Crippen LogP contribution < -0.4 is 0 Å². The number of hydrogen-bond donors (Lipinski definition) is 1. The van der Waals surface area contributed by atoms with Crippen molar-refractivity contribution in [2.45, 2.75) is 0 Å². The number of para-hydroxylation sites is 1. The van der Waals surface area contributed by atoms with E-state index in [2.05, 4.69) is 5.10 Å². The molecule has 0 aliphatic heterocycles. The molecule has 0 aliphatic rings. The second-order valence-corrected chi connectivity index (χ2v) is 4.49. The standard InChI is InChI=1S/C15H19N3O3/c1-21-12-10-17(9-11-19)15(20)14-7-8-18(16-14)13-5-3-2-4-6-13/h2-8,19H,9-12H2,1H3. The first kappa shape index (κ1) is 15.2. The molecule has 2 rings (SSSR count). The van der Waals surface area contributed by atoms with Gasteiger partial charge < -0.3 is 14.7 Å². The summed E-state index contributed by atoms with van der Waals surface area (Å²) in [6.45, 7) is 1.02. The second-order valence-electron chi connectivity index (χ2n) is 4.49. The molecule has 6 heteroatoms. The molecule has 0 unspecified atom stereocenters. The number of methoxy groups -OCH3 is 1. The minimum atomic E-state index is -0.212. The number of amides is 1. The summed E-state index contributed by atoms with van der Waals surface area (Å²) in [5.41, 5.74) is 1.24. The number of nitrogens with zero attached hydrogens (tertiary/aromatic N) is 3. The molecule has 0 saturated heterocycles. The lowest BCUT2D eigenvalue weighted by Gasteiger charge is -2.20. The molecule has 21 heavy (non-hydrogen) atoms. The molecule has 2 aromatic rings. The van der Waals surface area contributed by atoms with Gasteiger partial charge in [-0.15, -0.1) is 0 Å². The molecule has 0 aliphatic carbocycles. The number of aromatic nitrogens is 2. The maximum Gasteiger partial charge on any atom is 0.274 e. The SMILES string of the molecule is COCCN(CCO)C(=O)c1ccn(-c2ccccc2)n1. The summed E-state index contributed by atoms with van der Waals surface area (Å²) >= 11 is 0. The Hall–Kier alpha value is -2.18. The first-order chi connectivity index (χ1) is 10.3. The lowest BCUT2D eigenvalue weighted by molar-refractivity contribution is 0.0650. The number of carbonyl (C=O) groups is 1. The van der Waals surface area contributed by atoms with Gasteiger partial charge in [0.15, 0.2) is 5.69 Å². The third kappa shape index (κ3) is 3.90. The van der Waals surface area contributed by atoms with Crippen molar-refractivity contribution in [1.82, 2.24) is 14.7 Å². The maximum absolute atomic E-state index is 12.4. The normalized spacial score (nSPS) is 10.6. The van der Waals surface area contributed by atoms with Gasteiger partial charge in [0, 0.05) is 26.4 Å². The van der Waals surface area contributed by atoms with Gasteiger partial charge in [0.1, 0.15) is 0 Å². The van der Waals surface area contributed by atoms with Crippen LogP contribution in [0.4, 0.5) is 0 Å². The van der Waals surface area contributed by atoms with Gasteiger partial charge in [0.25, 0.3) is 5.91 Å². The second kappa shape index (κ2) is 7.56. The summed E-state index contributed by atoms with van der Waals surface area (Å²) < 4.78 is 6.63. The molecule has 0 radical (unpaired) electrons. The predicted octanol–water partition coefficient (Wildman–Crippen LogP) is 0.953. The zero-order valence-corrected chi connectivity index (χ0v) is 12.0. The number of benzene rings is 1. The highest BCUT2D eigenvalue weighted by Gasteiger charge is 2.17. The zero-order valence-electron chi connectivity index (χ0n) is 12.0. The summed E-state index contributed by atoms with van der Waals surface area (Å²) in [5.74, 6) is -0.212. The first-order valence-corrected chi connectivity index (χ1v) is 6.76. The summed E-state index contributed by atoms with van der Waals surface area (Å²) in [4.78, 5) is 13.9. The molecule has 1 amide bonds. The van der Waals surface area contributed by atoms with Crippen molar-refractivity contribution in [1.29, 1.82) is 0 Å². The number of carbonyl (C=O) groups excluding carboxylic acids is 1. The predicted molar refractivity (Wildman–Crippen MR) is 78.4 cm³/mol. The van der Waals surface area contributed by atoms with E-state index < -0.39 is 0 Å². The minimum absolute atomic E-state index is 0.0884. The van der Waals surface area contributed by atoms with Crippen LogP contribution in [0.2, 0.25) is 0 Å². The topological polar surface area (TPSA) is 67.6 Å². The van der Waals surface area contributed by atoms with Crippen LogP contribution in [0, 0.1) is 0 Å². The fourth-order valence-corrected chi connectivity index (χ4v) is 1.96. The molecule has 1 aromatic heterocycles. The van der Waals surface area contributed by atoms with Crippen LogP contribution in [0.25, 0.3) is 5.69 Å². The molecule has 0 bridgehead atoms. The van der Waals surface area contributed by atoms with E-state index in [1.807, 2.05) is 30.3 Å². The van der Waals surface area contributed by atoms with Crippen molar-refractivity contribution >= 4 is 5.91 Å². The van der Waals surface area contributed by atoms with Gasteiger partial charge in [-0.25, -0.2) is 4.68 Å². The molecule has 0 spiro atoms. The van der Waals surface area contributed by atoms with Crippen molar-refractivity contribution in [3.8, 4) is 5.69 Å². The Morgan fingerprint density at radius 3 is 2.71 bits per heavy atom. The first-order valence-electron chi connectivity index (χ1n) is 6.76. The third-order valence-corrected chi connectivity index (χ3v) is 3.05. The van der Waals surface area contributed by atoms with Gasteiger partial charge in [-0.3, -0.25) is 4.79 Å². The highest BCUT2D eigenvalue weighted by atomic mass is 16.5. The molecular weight excluding hydrogens is 270 g/mol. The Bertz CT molecular complexity index is 569. The van der Waals surface area contributed by atoms with Crippen molar-refractivity contribution < 1.29 is 14.6 Å². The van der Waals surface area contributed by atoms with Gasteiger partial charge in [0.2, 0.25) is 0 Å². The number of aliphatic hydroxyl groups is 1. The van der Waals surface area contributed by atoms with E-state index in [9.17, 15) is 4.79 Å². The van der Waals surface area contributed by atoms with Crippen molar-refractivity contribution in [3.63, 3.8) is 0 Å². The van der Waals surface area contributed by atoms with E-state index in [0.29, 0.717) is 18.8 Å². The summed E-state index contributed by atoms with van der Waals surface area (Å²) in [7, 11) is 1.58. The fourth-order valence-electron chi connectivity index (χ4n) is 1.96. The van der Waals surface area contributed by atoms with Gasteiger partial charge in [0.05, 0.1) is 18.9 Å². The van der Waals surface area contributed by atoms with Crippen LogP contribution in [0.5, 0.6) is 0 Å². The lowest BCUT2D eigenvalue weighted by atomic mass is 10.3. The molecular formula is C15H19N3O3. The number of aliphatic hydroxyl groups excluding tert-OH is 1. The van der Waals surface area contributed by atoms with Gasteiger partial charge in [-0.05, 0) is 18.2 Å². The summed E-state index contributed by atoms with van der Waals surface area (Å²) in [6.07, 6.45) is 1.75. The average molecular weight is 289 g/mol. The zero-order chi connectivity index (χ0) is 15.1. The Kier molecular flexibility index (Phi) is 5.48. The molecule has 0 fully saturated rings. The molecule has 1 heterocycles. The van der Waals surface area contributed by atoms with Crippen LogP contribution in [-0.2, 0) is 4.74 Å². The molecule has 6 nitrogen and oxygen atoms in total. The van der Waals surface area contributed by atoms with Crippen LogP contribution in [0.15, 0.2) is 42.6 Å². The van der Waals surface area contributed by atoms with Crippen molar-refractivity contribution in [2.24, 2.45) is 0 Å². The molecule has 0 saturated carbocycles. The van der Waals surface area contributed by atoms with E-state index in [0.717, 1.165) is 5.69 Å². The van der Waals surface area contributed by atoms with Gasteiger partial charge in [-0.2, -0.15) is 5.10 Å². The molecule has 112 valence electrons. The monoisotopic (exact) mass is 289 g/mol. The quantitative estimate of drug-likeness (QED) is 0.824. The van der Waals surface area contributed by atoms with Crippen LogP contribution in [-0.4, -0.2) is 59.1 Å². The number of rotatable bonds is 7. The van der Waals surface area contributed by atoms with E-state index in [1.165, 1.54) is 4.90 Å². The maximum atomic E-state index is 12.4. The Balaban J connectivity index is 2.13. The smallest absolute Gasteiger partial charge is 0.274 e. The van der Waals surface area contributed by atoms with E-state index in [4.69, 9.17) is 9.84 Å². The number of ether oxygens (including phenoxy) is 1. The van der Waals surface area contributed by atoms with Crippen molar-refractivity contribution in [3.05, 3.63) is 48.3 Å². The Labute approximate surface area is 123 Å². The lowest BCUT2D eigenvalue weighted by Crippen LogP contribution is -2.36. The third-order valence-electron chi connectivity index (χ3n) is 3.05. The highest BCUT2D eigenvalue weighted by molar-refractivity contribution is 5.92. The highest BCUT2D eigenvalue weighted by Crippen LogP contribution is 2.08. The van der Waals surface area contributed by atoms with E-state index in [-0.39, 0.29) is 19.1 Å². The van der Waals surface area contributed by atoms with Gasteiger partial charge in [-0.1, -0.05) is 18.2 Å². The molecule has 0 atom stereocenters. The summed E-state index contributed by atoms with van der Waals surface area (Å²) in [6, 6.07) is 11.2. The van der Waals surface area contributed by atoms with E-state index in [1.54, 1.807) is 24.1 Å². The Morgan fingerprint density at radius 1 is 1.29 bits per heavy atom. The van der Waals surface area contributed by atoms with Gasteiger partial charge >= 0.3 is 0 Å². The Morgan fingerprint density at radius 2 is 2.05 bits per heavy atom. The van der Waals surface area contributed by atoms with Crippen LogP contribution in [0.3, 0.4) is 0 Å². The summed E-state index contributed by atoms with van der Waals surface area (Å²) in [5, 5.41) is 13.3. The largest absolute Gasteiger partial charge is 0.395 e. The fraction of sp³-hybridized carbons (Fsp3) is 0.333. The number of hydrogen-bond acceptors (Lipinski definition) is 4. The average Bonchev–Trinajstić information content (AvgIpc) is 3.01. The molecule has 1 aromatic carbocycles. The van der Waals surface area contributed by atoms with E-state index >= 15 is 0 Å². The molecule has 1 N–H and O–H groups in total. The van der Waals surface area contributed by atoms with Crippen LogP contribution in [0.1, 0.15) is 10.5 Å².